The second kappa shape index (κ2) is 3.79. The zero-order valence-corrected chi connectivity index (χ0v) is 8.02. The Bertz CT molecular complexity index is 333. The highest BCUT2D eigenvalue weighted by Crippen LogP contribution is 2.35. The molecule has 14 heavy (non-hydrogen) atoms. The first-order valence-electron chi connectivity index (χ1n) is 3.87. The minimum atomic E-state index is -4.45. The lowest BCUT2D eigenvalue weighted by Gasteiger charge is -2.11. The molecule has 0 saturated carbocycles. The third-order valence-electron chi connectivity index (χ3n) is 1.78. The molecule has 0 saturated heterocycles. The van der Waals surface area contributed by atoms with Crippen LogP contribution in [0.2, 0.25) is 5.02 Å². The first-order valence-corrected chi connectivity index (χ1v) is 4.25. The number of rotatable bonds is 1. The van der Waals surface area contributed by atoms with Crippen molar-refractivity contribution in [1.29, 1.82) is 0 Å². The summed E-state index contributed by atoms with van der Waals surface area (Å²) in [5.41, 5.74) is -0.522. The van der Waals surface area contributed by atoms with Crippen LogP contribution in [-0.2, 0) is 6.18 Å². The second-order valence-electron chi connectivity index (χ2n) is 2.91. The fourth-order valence-corrected chi connectivity index (χ4v) is 1.32. The van der Waals surface area contributed by atoms with Crippen LogP contribution >= 0.6 is 11.6 Å². The Morgan fingerprint density at radius 2 is 1.93 bits per heavy atom. The molecule has 0 amide bonds. The Morgan fingerprint density at radius 1 is 1.36 bits per heavy atom. The summed E-state index contributed by atoms with van der Waals surface area (Å²) in [7, 11) is 0. The van der Waals surface area contributed by atoms with Gasteiger partial charge >= 0.3 is 6.18 Å². The van der Waals surface area contributed by atoms with Crippen molar-refractivity contribution in [3.63, 3.8) is 0 Å². The smallest absolute Gasteiger partial charge is 0.389 e. The van der Waals surface area contributed by atoms with E-state index in [1.54, 1.807) is 0 Å². The van der Waals surface area contributed by atoms with Gasteiger partial charge in [-0.3, -0.25) is 0 Å². The quantitative estimate of drug-likeness (QED) is 0.775. The molecule has 0 aliphatic heterocycles. The summed E-state index contributed by atoms with van der Waals surface area (Å²) in [6.45, 7) is 1.46. The predicted molar refractivity (Wildman–Crippen MR) is 47.1 cm³/mol. The van der Waals surface area contributed by atoms with Gasteiger partial charge in [0, 0.05) is 0 Å². The predicted octanol–water partition coefficient (Wildman–Crippen LogP) is 3.41. The average molecular weight is 225 g/mol. The molecule has 5 heteroatoms. The van der Waals surface area contributed by atoms with Gasteiger partial charge in [-0.1, -0.05) is 17.7 Å². The molecule has 1 N–H and O–H groups in total. The van der Waals surface area contributed by atoms with Gasteiger partial charge in [0.2, 0.25) is 0 Å². The molecule has 1 nitrogen and oxygen atoms in total. The molecule has 1 aromatic rings. The molecule has 1 unspecified atom stereocenters. The lowest BCUT2D eigenvalue weighted by molar-refractivity contribution is -0.137. The molecule has 1 rings (SSSR count). The van der Waals surface area contributed by atoms with E-state index in [1.165, 1.54) is 13.0 Å². The Balaban J connectivity index is 3.15. The maximum atomic E-state index is 12.2. The van der Waals surface area contributed by atoms with Gasteiger partial charge in [0.15, 0.2) is 0 Å². The Morgan fingerprint density at radius 3 is 2.29 bits per heavy atom. The maximum Gasteiger partial charge on any atom is 0.417 e. The summed E-state index contributed by atoms with van der Waals surface area (Å²) in [6.07, 6.45) is -5.27. The highest BCUT2D eigenvalue weighted by atomic mass is 35.5. The first-order chi connectivity index (χ1) is 6.32. The third kappa shape index (κ3) is 2.39. The fraction of sp³-hybridized carbons (Fsp3) is 0.333. The van der Waals surface area contributed by atoms with Gasteiger partial charge in [-0.15, -0.1) is 0 Å². The van der Waals surface area contributed by atoms with Crippen molar-refractivity contribution in [2.24, 2.45) is 0 Å². The van der Waals surface area contributed by atoms with E-state index in [-0.39, 0.29) is 0 Å². The first kappa shape index (κ1) is 11.3. The average Bonchev–Trinajstić information content (AvgIpc) is 2.01. The maximum absolute atomic E-state index is 12.2. The highest BCUT2D eigenvalue weighted by Gasteiger charge is 2.33. The van der Waals surface area contributed by atoms with Crippen LogP contribution in [0.5, 0.6) is 0 Å². The lowest BCUT2D eigenvalue weighted by atomic mass is 10.1. The summed E-state index contributed by atoms with van der Waals surface area (Å²) in [5.74, 6) is 0. The van der Waals surface area contributed by atoms with E-state index in [0.717, 1.165) is 12.1 Å². The van der Waals surface area contributed by atoms with E-state index in [4.69, 9.17) is 16.7 Å². The minimum Gasteiger partial charge on any atom is -0.389 e. The van der Waals surface area contributed by atoms with Crippen LogP contribution < -0.4 is 0 Å². The Labute approximate surface area is 84.1 Å². The molecule has 0 fully saturated rings. The van der Waals surface area contributed by atoms with Gasteiger partial charge < -0.3 is 5.11 Å². The molecule has 0 aliphatic carbocycles. The third-order valence-corrected chi connectivity index (χ3v) is 2.09. The van der Waals surface area contributed by atoms with Crippen LogP contribution in [-0.4, -0.2) is 5.11 Å². The molecule has 0 aromatic heterocycles. The summed E-state index contributed by atoms with van der Waals surface area (Å²) >= 11 is 5.43. The number of aliphatic hydroxyl groups excluding tert-OH is 1. The molecule has 0 aliphatic rings. The largest absolute Gasteiger partial charge is 0.417 e. The summed E-state index contributed by atoms with van der Waals surface area (Å²) in [5, 5.41) is 8.71. The second-order valence-corrected chi connectivity index (χ2v) is 3.32. The van der Waals surface area contributed by atoms with Gasteiger partial charge in [-0.25, -0.2) is 0 Å². The van der Waals surface area contributed by atoms with Gasteiger partial charge in [-0.05, 0) is 24.6 Å². The summed E-state index contributed by atoms with van der Waals surface area (Å²) in [6, 6.07) is 3.19. The van der Waals surface area contributed by atoms with Crippen molar-refractivity contribution in [3.8, 4) is 0 Å². The van der Waals surface area contributed by atoms with E-state index in [1.807, 2.05) is 0 Å². The van der Waals surface area contributed by atoms with Crippen molar-refractivity contribution < 1.29 is 18.3 Å². The van der Waals surface area contributed by atoms with Gasteiger partial charge in [-0.2, -0.15) is 13.2 Å². The van der Waals surface area contributed by atoms with E-state index in [0.29, 0.717) is 5.56 Å². The fourth-order valence-electron chi connectivity index (χ4n) is 1.02. The molecule has 0 bridgehead atoms. The number of benzene rings is 1. The van der Waals surface area contributed by atoms with Gasteiger partial charge in [0.05, 0.1) is 16.7 Å². The standard InChI is InChI=1S/C9H8ClF3O/c1-5(14)6-2-3-7(8(10)4-6)9(11,12)13/h2-5,14H,1H3. The van der Waals surface area contributed by atoms with E-state index in [2.05, 4.69) is 0 Å². The van der Waals surface area contributed by atoms with Crippen LogP contribution in [0.15, 0.2) is 18.2 Å². The number of halogens is 4. The van der Waals surface area contributed by atoms with Crippen molar-refractivity contribution >= 4 is 11.6 Å². The Kier molecular flexibility index (Phi) is 3.07. The number of hydrogen-bond acceptors (Lipinski definition) is 1. The minimum absolute atomic E-state index is 0.364. The van der Waals surface area contributed by atoms with E-state index < -0.39 is 22.9 Å². The van der Waals surface area contributed by atoms with Crippen LogP contribution in [0.3, 0.4) is 0 Å². The van der Waals surface area contributed by atoms with Crippen molar-refractivity contribution in [1.82, 2.24) is 0 Å². The SMILES string of the molecule is CC(O)c1ccc(C(F)(F)F)c(Cl)c1. The van der Waals surface area contributed by atoms with Crippen LogP contribution in [0.1, 0.15) is 24.2 Å². The molecular formula is C9H8ClF3O. The van der Waals surface area contributed by atoms with Crippen LogP contribution in [0, 0.1) is 0 Å². The molecule has 1 aromatic carbocycles. The monoisotopic (exact) mass is 224 g/mol. The molecule has 0 spiro atoms. The normalized spacial score (nSPS) is 14.1. The van der Waals surface area contributed by atoms with Crippen LogP contribution in [0.4, 0.5) is 13.2 Å². The topological polar surface area (TPSA) is 20.2 Å². The zero-order valence-electron chi connectivity index (χ0n) is 7.27. The van der Waals surface area contributed by atoms with Gasteiger partial charge in [0.1, 0.15) is 0 Å². The molecule has 0 heterocycles. The lowest BCUT2D eigenvalue weighted by Crippen LogP contribution is -2.06. The number of aliphatic hydroxyl groups is 1. The van der Waals surface area contributed by atoms with Crippen LogP contribution in [0.25, 0.3) is 0 Å². The molecular weight excluding hydrogens is 217 g/mol. The molecule has 0 radical (unpaired) electrons. The zero-order chi connectivity index (χ0) is 10.9. The van der Waals surface area contributed by atoms with E-state index >= 15 is 0 Å². The molecule has 78 valence electrons. The highest BCUT2D eigenvalue weighted by molar-refractivity contribution is 6.31. The van der Waals surface area contributed by atoms with E-state index in [9.17, 15) is 13.2 Å². The summed E-state index contributed by atoms with van der Waals surface area (Å²) < 4.78 is 36.7. The number of alkyl halides is 3. The van der Waals surface area contributed by atoms with Crippen molar-refractivity contribution in [2.45, 2.75) is 19.2 Å². The summed E-state index contributed by atoms with van der Waals surface area (Å²) in [4.78, 5) is 0. The van der Waals surface area contributed by atoms with Crippen molar-refractivity contribution in [2.75, 3.05) is 0 Å². The van der Waals surface area contributed by atoms with Crippen molar-refractivity contribution in [3.05, 3.63) is 34.3 Å². The Hall–Kier alpha value is -0.740. The van der Waals surface area contributed by atoms with Gasteiger partial charge in [0.25, 0.3) is 0 Å². The number of hydrogen-bond donors (Lipinski definition) is 1. The molecule has 1 atom stereocenters.